The van der Waals surface area contributed by atoms with Gasteiger partial charge in [-0.15, -0.1) is 0 Å². The lowest BCUT2D eigenvalue weighted by molar-refractivity contribution is -0.132. The van der Waals surface area contributed by atoms with E-state index < -0.39 is 6.04 Å². The Hall–Kier alpha value is -1.14. The third kappa shape index (κ3) is 4.27. The molecular weight excluding hydrogens is 232 g/mol. The molecule has 0 radical (unpaired) electrons. The summed E-state index contributed by atoms with van der Waals surface area (Å²) in [4.78, 5) is 28.9. The molecule has 2 amide bonds. The van der Waals surface area contributed by atoms with Crippen LogP contribution in [0.25, 0.3) is 0 Å². The number of amides is 2. The number of carbonyl (C=O) groups excluding carboxylic acids is 2. The number of hydrogen-bond donors (Lipinski definition) is 1. The van der Waals surface area contributed by atoms with Gasteiger partial charge in [0.05, 0.1) is 12.6 Å². The normalized spacial score (nSPS) is 19.2. The molecule has 0 saturated carbocycles. The molecule has 0 aromatic rings. The van der Waals surface area contributed by atoms with Gasteiger partial charge in [-0.2, -0.15) is 0 Å². The first-order valence-corrected chi connectivity index (χ1v) is 6.38. The number of carbonyl (C=O) groups is 2. The Labute approximate surface area is 109 Å². The fourth-order valence-corrected chi connectivity index (χ4v) is 1.97. The molecule has 0 aromatic heterocycles. The third-order valence-corrected chi connectivity index (χ3v) is 3.15. The van der Waals surface area contributed by atoms with Gasteiger partial charge in [-0.25, -0.2) is 0 Å². The smallest absolute Gasteiger partial charge is 0.239 e. The van der Waals surface area contributed by atoms with Crippen molar-refractivity contribution in [3.63, 3.8) is 0 Å². The van der Waals surface area contributed by atoms with Crippen LogP contribution in [-0.4, -0.2) is 79.4 Å². The van der Waals surface area contributed by atoms with E-state index in [0.29, 0.717) is 13.1 Å². The van der Waals surface area contributed by atoms with E-state index in [1.807, 2.05) is 0 Å². The maximum absolute atomic E-state index is 11.8. The molecule has 2 N–H and O–H groups in total. The summed E-state index contributed by atoms with van der Waals surface area (Å²) in [7, 11) is 3.51. The summed E-state index contributed by atoms with van der Waals surface area (Å²) in [5.74, 6) is 0.0951. The molecule has 0 aromatic carbocycles. The highest BCUT2D eigenvalue weighted by Crippen LogP contribution is 2.04. The summed E-state index contributed by atoms with van der Waals surface area (Å²) in [5, 5.41) is 0. The predicted molar refractivity (Wildman–Crippen MR) is 70.0 cm³/mol. The van der Waals surface area contributed by atoms with Crippen molar-refractivity contribution >= 4 is 11.8 Å². The van der Waals surface area contributed by atoms with Gasteiger partial charge in [-0.1, -0.05) is 0 Å². The van der Waals surface area contributed by atoms with E-state index in [0.717, 1.165) is 26.1 Å². The molecule has 0 bridgehead atoms. The van der Waals surface area contributed by atoms with Gasteiger partial charge < -0.3 is 15.5 Å². The summed E-state index contributed by atoms with van der Waals surface area (Å²) < 4.78 is 0. The molecule has 0 unspecified atom stereocenters. The van der Waals surface area contributed by atoms with Crippen LogP contribution in [0.2, 0.25) is 0 Å². The summed E-state index contributed by atoms with van der Waals surface area (Å²) >= 11 is 0. The van der Waals surface area contributed by atoms with E-state index in [1.54, 1.807) is 30.8 Å². The van der Waals surface area contributed by atoms with Gasteiger partial charge in [0.1, 0.15) is 0 Å². The van der Waals surface area contributed by atoms with E-state index in [1.165, 1.54) is 0 Å². The average molecular weight is 256 g/mol. The van der Waals surface area contributed by atoms with Crippen molar-refractivity contribution in [1.82, 2.24) is 14.7 Å². The first-order chi connectivity index (χ1) is 8.41. The first-order valence-electron chi connectivity index (χ1n) is 6.38. The number of nitrogens with two attached hydrogens (primary N) is 1. The Balaban J connectivity index is 2.46. The molecule has 6 heteroatoms. The van der Waals surface area contributed by atoms with Crippen molar-refractivity contribution in [2.24, 2.45) is 5.73 Å². The molecule has 1 heterocycles. The van der Waals surface area contributed by atoms with E-state index in [-0.39, 0.29) is 11.8 Å². The van der Waals surface area contributed by atoms with Crippen LogP contribution >= 0.6 is 0 Å². The Morgan fingerprint density at radius 1 is 1.22 bits per heavy atom. The zero-order chi connectivity index (χ0) is 13.7. The Bertz CT molecular complexity index is 304. The zero-order valence-corrected chi connectivity index (χ0v) is 11.6. The van der Waals surface area contributed by atoms with Gasteiger partial charge in [0, 0.05) is 40.3 Å². The molecule has 0 spiro atoms. The number of rotatable bonds is 3. The van der Waals surface area contributed by atoms with Crippen molar-refractivity contribution < 1.29 is 9.59 Å². The zero-order valence-electron chi connectivity index (χ0n) is 11.6. The largest absolute Gasteiger partial charge is 0.348 e. The lowest BCUT2D eigenvalue weighted by atomic mass is 10.3. The second kappa shape index (κ2) is 6.70. The molecular formula is C12H24N4O2. The Morgan fingerprint density at radius 3 is 2.44 bits per heavy atom. The molecule has 1 rings (SSSR count). The minimum Gasteiger partial charge on any atom is -0.348 e. The molecule has 1 saturated heterocycles. The monoisotopic (exact) mass is 256 g/mol. The average Bonchev–Trinajstić information content (AvgIpc) is 2.53. The van der Waals surface area contributed by atoms with Crippen molar-refractivity contribution in [1.29, 1.82) is 0 Å². The second-order valence-corrected chi connectivity index (χ2v) is 5.03. The second-order valence-electron chi connectivity index (χ2n) is 5.03. The highest BCUT2D eigenvalue weighted by atomic mass is 16.2. The van der Waals surface area contributed by atoms with E-state index >= 15 is 0 Å². The summed E-state index contributed by atoms with van der Waals surface area (Å²) in [6.45, 7) is 5.10. The van der Waals surface area contributed by atoms with Gasteiger partial charge in [0.15, 0.2) is 0 Å². The van der Waals surface area contributed by atoms with Gasteiger partial charge in [-0.3, -0.25) is 14.5 Å². The lowest BCUT2D eigenvalue weighted by Crippen LogP contribution is -2.44. The maximum atomic E-state index is 11.8. The fourth-order valence-electron chi connectivity index (χ4n) is 1.97. The van der Waals surface area contributed by atoms with Crippen LogP contribution in [0.15, 0.2) is 0 Å². The van der Waals surface area contributed by atoms with Crippen LogP contribution in [0.5, 0.6) is 0 Å². The molecule has 1 aliphatic heterocycles. The molecule has 104 valence electrons. The van der Waals surface area contributed by atoms with Crippen LogP contribution in [0.1, 0.15) is 13.3 Å². The fraction of sp³-hybridized carbons (Fsp3) is 0.833. The van der Waals surface area contributed by atoms with E-state index in [9.17, 15) is 9.59 Å². The topological polar surface area (TPSA) is 69.9 Å². The van der Waals surface area contributed by atoms with Gasteiger partial charge in [0.2, 0.25) is 11.8 Å². The highest BCUT2D eigenvalue weighted by Gasteiger charge is 2.22. The summed E-state index contributed by atoms with van der Waals surface area (Å²) in [6.07, 6.45) is 0.888. The molecule has 6 nitrogen and oxygen atoms in total. The van der Waals surface area contributed by atoms with Crippen molar-refractivity contribution in [2.45, 2.75) is 19.4 Å². The number of likely N-dealkylation sites (N-methyl/N-ethyl adjacent to an activating group) is 1. The van der Waals surface area contributed by atoms with Crippen molar-refractivity contribution in [2.75, 3.05) is 46.8 Å². The Kier molecular flexibility index (Phi) is 5.55. The minimum atomic E-state index is -0.444. The van der Waals surface area contributed by atoms with Crippen molar-refractivity contribution in [3.05, 3.63) is 0 Å². The molecule has 1 fully saturated rings. The number of nitrogens with zero attached hydrogens (tertiary/aromatic N) is 3. The summed E-state index contributed by atoms with van der Waals surface area (Å²) in [5.41, 5.74) is 5.61. The van der Waals surface area contributed by atoms with Gasteiger partial charge >= 0.3 is 0 Å². The van der Waals surface area contributed by atoms with Crippen LogP contribution in [0.3, 0.4) is 0 Å². The minimum absolute atomic E-state index is 0.00390. The van der Waals surface area contributed by atoms with Crippen LogP contribution in [-0.2, 0) is 9.59 Å². The van der Waals surface area contributed by atoms with E-state index in [4.69, 9.17) is 5.73 Å². The quantitative estimate of drug-likeness (QED) is 0.700. The summed E-state index contributed by atoms with van der Waals surface area (Å²) in [6, 6.07) is -0.444. The lowest BCUT2D eigenvalue weighted by Gasteiger charge is -2.23. The van der Waals surface area contributed by atoms with Crippen molar-refractivity contribution in [3.8, 4) is 0 Å². The molecule has 1 aliphatic rings. The third-order valence-electron chi connectivity index (χ3n) is 3.15. The van der Waals surface area contributed by atoms with Crippen LogP contribution in [0.4, 0.5) is 0 Å². The number of hydrogen-bond acceptors (Lipinski definition) is 4. The first kappa shape index (κ1) is 14.9. The SMILES string of the molecule is C[C@H](N)C(=O)N1CCCN(CC(=O)N(C)C)CC1. The van der Waals surface area contributed by atoms with Crippen LogP contribution < -0.4 is 5.73 Å². The highest BCUT2D eigenvalue weighted by molar-refractivity contribution is 5.81. The predicted octanol–water partition coefficient (Wildman–Crippen LogP) is -1.04. The Morgan fingerprint density at radius 2 is 1.89 bits per heavy atom. The molecule has 0 aliphatic carbocycles. The van der Waals surface area contributed by atoms with E-state index in [2.05, 4.69) is 4.90 Å². The maximum Gasteiger partial charge on any atom is 0.239 e. The van der Waals surface area contributed by atoms with Gasteiger partial charge in [-0.05, 0) is 13.3 Å². The van der Waals surface area contributed by atoms with Gasteiger partial charge in [0.25, 0.3) is 0 Å². The molecule has 18 heavy (non-hydrogen) atoms. The molecule has 1 atom stereocenters. The van der Waals surface area contributed by atoms with Crippen LogP contribution in [0, 0.1) is 0 Å². The standard InChI is InChI=1S/C12H24N4O2/c1-10(13)12(18)16-6-4-5-15(7-8-16)9-11(17)14(2)3/h10H,4-9,13H2,1-3H3/t10-/m0/s1.